The monoisotopic (exact) mass is 277 g/mol. The van der Waals surface area contributed by atoms with Gasteiger partial charge in [-0.05, 0) is 6.92 Å². The van der Waals surface area contributed by atoms with Crippen molar-refractivity contribution in [3.05, 3.63) is 0 Å². The Labute approximate surface area is 108 Å². The number of nitrogens with one attached hydrogen (secondary N) is 1. The summed E-state index contributed by atoms with van der Waals surface area (Å²) >= 11 is 0.674. The van der Waals surface area contributed by atoms with Crippen molar-refractivity contribution < 1.29 is 29.0 Å². The van der Waals surface area contributed by atoms with Gasteiger partial charge in [0.15, 0.2) is 5.12 Å². The summed E-state index contributed by atoms with van der Waals surface area (Å²) < 4.78 is 4.72. The largest absolute Gasteiger partial charge is 0.481 e. The number of aliphatic carboxylic acids is 1. The van der Waals surface area contributed by atoms with Gasteiger partial charge in [0.05, 0.1) is 6.61 Å². The van der Waals surface area contributed by atoms with E-state index in [1.807, 2.05) is 0 Å². The minimum Gasteiger partial charge on any atom is -0.481 e. The summed E-state index contributed by atoms with van der Waals surface area (Å²) in [5, 5.41) is 10.2. The topological polar surface area (TPSA) is 110 Å². The maximum Gasteiger partial charge on any atom is 0.329 e. The van der Waals surface area contributed by atoms with Gasteiger partial charge < -0.3 is 15.2 Å². The molecule has 0 aliphatic rings. The third-order valence-electron chi connectivity index (χ3n) is 1.66. The number of esters is 1. The van der Waals surface area contributed by atoms with Crippen molar-refractivity contribution in [1.29, 1.82) is 0 Å². The highest BCUT2D eigenvalue weighted by Gasteiger charge is 2.22. The molecule has 0 spiro atoms. The minimum atomic E-state index is -1.24. The van der Waals surface area contributed by atoms with Gasteiger partial charge >= 0.3 is 11.9 Å². The molecule has 0 rings (SSSR count). The molecule has 0 bridgehead atoms. The number of carboxylic acid groups (broad SMARTS) is 1. The van der Waals surface area contributed by atoms with Crippen molar-refractivity contribution in [1.82, 2.24) is 5.32 Å². The Bertz CT molecular complexity index is 343. The third kappa shape index (κ3) is 7.66. The average molecular weight is 277 g/mol. The highest BCUT2D eigenvalue weighted by atomic mass is 32.2. The molecule has 102 valence electrons. The number of carbonyl (C=O) groups is 4. The Morgan fingerprint density at radius 3 is 2.39 bits per heavy atom. The third-order valence-corrected chi connectivity index (χ3v) is 2.62. The van der Waals surface area contributed by atoms with Gasteiger partial charge in [0.25, 0.3) is 0 Å². The van der Waals surface area contributed by atoms with Gasteiger partial charge in [-0.25, -0.2) is 4.79 Å². The molecule has 0 saturated heterocycles. The number of hydrogen-bond donors (Lipinski definition) is 2. The second-order valence-electron chi connectivity index (χ2n) is 3.26. The van der Waals surface area contributed by atoms with Crippen molar-refractivity contribution in [2.24, 2.45) is 0 Å². The van der Waals surface area contributed by atoms with Crippen LogP contribution in [-0.4, -0.2) is 46.5 Å². The van der Waals surface area contributed by atoms with Gasteiger partial charge in [-0.1, -0.05) is 11.8 Å². The van der Waals surface area contributed by atoms with Crippen LogP contribution in [0.4, 0.5) is 0 Å². The summed E-state index contributed by atoms with van der Waals surface area (Å²) in [5.41, 5.74) is 0. The molecule has 0 radical (unpaired) electrons. The SMILES string of the molecule is CCOC(=O)[C@H](CSC(=O)CC(=O)O)NC(C)=O. The predicted octanol–water partition coefficient (Wildman–Crippen LogP) is -0.211. The fourth-order valence-electron chi connectivity index (χ4n) is 1.01. The van der Waals surface area contributed by atoms with E-state index >= 15 is 0 Å². The first kappa shape index (κ1) is 16.4. The Hall–Kier alpha value is -1.57. The summed E-state index contributed by atoms with van der Waals surface area (Å²) in [6.45, 7) is 3.00. The number of rotatable bonds is 7. The molecule has 1 atom stereocenters. The number of thioether (sulfide) groups is 1. The quantitative estimate of drug-likeness (QED) is 0.489. The fourth-order valence-corrected chi connectivity index (χ4v) is 1.81. The highest BCUT2D eigenvalue weighted by molar-refractivity contribution is 8.13. The molecule has 8 heteroatoms. The number of carbonyl (C=O) groups excluding carboxylic acids is 3. The molecular formula is C10H15NO6S. The van der Waals surface area contributed by atoms with Crippen LogP contribution in [0.25, 0.3) is 0 Å². The fraction of sp³-hybridized carbons (Fsp3) is 0.600. The number of ether oxygens (including phenoxy) is 1. The van der Waals surface area contributed by atoms with E-state index in [0.29, 0.717) is 11.8 Å². The molecule has 0 aliphatic carbocycles. The van der Waals surface area contributed by atoms with Crippen molar-refractivity contribution in [2.45, 2.75) is 26.3 Å². The van der Waals surface area contributed by atoms with Crippen LogP contribution in [0, 0.1) is 0 Å². The lowest BCUT2D eigenvalue weighted by molar-refractivity contribution is -0.146. The zero-order valence-corrected chi connectivity index (χ0v) is 10.9. The maximum atomic E-state index is 11.4. The zero-order valence-electron chi connectivity index (χ0n) is 10.1. The first-order chi connectivity index (χ1) is 8.36. The summed E-state index contributed by atoms with van der Waals surface area (Å²) in [5.74, 6) is -2.37. The molecule has 18 heavy (non-hydrogen) atoms. The lowest BCUT2D eigenvalue weighted by atomic mass is 10.3. The van der Waals surface area contributed by atoms with Crippen LogP contribution >= 0.6 is 11.8 Å². The van der Waals surface area contributed by atoms with E-state index in [1.165, 1.54) is 6.92 Å². The van der Waals surface area contributed by atoms with Crippen LogP contribution < -0.4 is 5.32 Å². The minimum absolute atomic E-state index is 0.0511. The van der Waals surface area contributed by atoms with E-state index in [0.717, 1.165) is 0 Å². The molecule has 0 aliphatic heterocycles. The van der Waals surface area contributed by atoms with E-state index in [-0.39, 0.29) is 12.4 Å². The van der Waals surface area contributed by atoms with E-state index in [1.54, 1.807) is 6.92 Å². The number of amides is 1. The molecule has 0 aromatic heterocycles. The number of carboxylic acids is 1. The van der Waals surface area contributed by atoms with Gasteiger partial charge in [0.2, 0.25) is 5.91 Å². The van der Waals surface area contributed by atoms with Gasteiger partial charge in [0.1, 0.15) is 12.5 Å². The first-order valence-electron chi connectivity index (χ1n) is 5.18. The van der Waals surface area contributed by atoms with Crippen LogP contribution in [0.3, 0.4) is 0 Å². The van der Waals surface area contributed by atoms with E-state index < -0.39 is 35.4 Å². The Morgan fingerprint density at radius 1 is 1.33 bits per heavy atom. The highest BCUT2D eigenvalue weighted by Crippen LogP contribution is 2.08. The van der Waals surface area contributed by atoms with Crippen LogP contribution in [-0.2, 0) is 23.9 Å². The van der Waals surface area contributed by atoms with Crippen molar-refractivity contribution in [3.63, 3.8) is 0 Å². The molecule has 0 saturated carbocycles. The molecule has 2 N–H and O–H groups in total. The normalized spacial score (nSPS) is 11.4. The molecule has 0 aromatic rings. The second kappa shape index (κ2) is 8.51. The van der Waals surface area contributed by atoms with Crippen LogP contribution in [0.1, 0.15) is 20.3 Å². The molecule has 0 aromatic carbocycles. The van der Waals surface area contributed by atoms with E-state index in [4.69, 9.17) is 9.84 Å². The molecule has 0 heterocycles. The molecule has 0 unspecified atom stereocenters. The van der Waals surface area contributed by atoms with E-state index in [9.17, 15) is 19.2 Å². The average Bonchev–Trinajstić information content (AvgIpc) is 2.22. The van der Waals surface area contributed by atoms with Crippen molar-refractivity contribution in [3.8, 4) is 0 Å². The summed E-state index contributed by atoms with van der Waals surface area (Å²) in [6.07, 6.45) is -0.625. The van der Waals surface area contributed by atoms with Gasteiger partial charge in [-0.15, -0.1) is 0 Å². The Balaban J connectivity index is 4.32. The van der Waals surface area contributed by atoms with Gasteiger partial charge in [-0.2, -0.15) is 0 Å². The van der Waals surface area contributed by atoms with Gasteiger partial charge in [-0.3, -0.25) is 14.4 Å². The molecular weight excluding hydrogens is 262 g/mol. The van der Waals surface area contributed by atoms with E-state index in [2.05, 4.69) is 5.32 Å². The predicted molar refractivity (Wildman–Crippen MR) is 64.0 cm³/mol. The summed E-state index contributed by atoms with van der Waals surface area (Å²) in [7, 11) is 0. The smallest absolute Gasteiger partial charge is 0.329 e. The Kier molecular flexibility index (Phi) is 7.77. The second-order valence-corrected chi connectivity index (χ2v) is 4.34. The van der Waals surface area contributed by atoms with Crippen molar-refractivity contribution in [2.75, 3.05) is 12.4 Å². The first-order valence-corrected chi connectivity index (χ1v) is 6.16. The zero-order chi connectivity index (χ0) is 14.1. The molecule has 7 nitrogen and oxygen atoms in total. The molecule has 0 fully saturated rings. The standard InChI is InChI=1S/C10H15NO6S/c1-3-17-10(16)7(11-6(2)12)5-18-9(15)4-8(13)14/h7H,3-5H2,1-2H3,(H,11,12)(H,13,14)/t7-/m0/s1. The van der Waals surface area contributed by atoms with Crippen LogP contribution in [0.5, 0.6) is 0 Å². The lowest BCUT2D eigenvalue weighted by Crippen LogP contribution is -2.42. The van der Waals surface area contributed by atoms with Crippen LogP contribution in [0.15, 0.2) is 0 Å². The summed E-state index contributed by atoms with van der Waals surface area (Å²) in [6, 6.07) is -0.954. The lowest BCUT2D eigenvalue weighted by Gasteiger charge is -2.15. The van der Waals surface area contributed by atoms with Crippen LogP contribution in [0.2, 0.25) is 0 Å². The number of hydrogen-bond acceptors (Lipinski definition) is 6. The Morgan fingerprint density at radius 2 is 1.94 bits per heavy atom. The molecule has 1 amide bonds. The summed E-state index contributed by atoms with van der Waals surface area (Å²) in [4.78, 5) is 43.7. The maximum absolute atomic E-state index is 11.4. The van der Waals surface area contributed by atoms with Crippen molar-refractivity contribution >= 4 is 34.7 Å². The van der Waals surface area contributed by atoms with Gasteiger partial charge in [0, 0.05) is 12.7 Å².